The van der Waals surface area contributed by atoms with Gasteiger partial charge in [-0.3, -0.25) is 4.79 Å². The van der Waals surface area contributed by atoms with Gasteiger partial charge in [-0.1, -0.05) is 29.3 Å². The van der Waals surface area contributed by atoms with E-state index in [1.165, 1.54) is 12.8 Å². The van der Waals surface area contributed by atoms with E-state index in [2.05, 4.69) is 4.74 Å². The van der Waals surface area contributed by atoms with E-state index in [1.807, 2.05) is 17.0 Å². The minimum Gasteiger partial charge on any atom is -0.444 e. The van der Waals surface area contributed by atoms with Crippen LogP contribution in [-0.4, -0.2) is 35.6 Å². The number of amides is 2. The molecule has 2 N–H and O–H groups in total. The van der Waals surface area contributed by atoms with Crippen LogP contribution in [0.15, 0.2) is 18.2 Å². The minimum absolute atomic E-state index is 0.253. The Hall–Kier alpha value is -1.46. The number of hydrogen-bond donors (Lipinski definition) is 1. The average Bonchev–Trinajstić information content (AvgIpc) is 3.27. The highest BCUT2D eigenvalue weighted by Crippen LogP contribution is 2.41. The Kier molecular flexibility index (Phi) is 7.40. The molecular weight excluding hydrogens is 387 g/mol. The summed E-state index contributed by atoms with van der Waals surface area (Å²) in [6, 6.07) is 5.46. The standard InChI is InChI=1S/C15H17Cl2NO.C5H11NO2/c16-13-5-3-11(14(17)7-13)4-6-15(19)18-8-12(9-18)10-1-2-10;1-5(2,3)8-4(6)7/h3,5,7,10,12H,1-2,4,6,8-9H2;1-3H3,(H2,6,7). The van der Waals surface area contributed by atoms with Crippen LogP contribution in [0.1, 0.15) is 45.6 Å². The summed E-state index contributed by atoms with van der Waals surface area (Å²) in [5.41, 5.74) is 5.26. The molecule has 1 aliphatic carbocycles. The number of carbonyl (C=O) groups excluding carboxylic acids is 2. The molecule has 3 rings (SSSR count). The number of halogens is 2. The topological polar surface area (TPSA) is 72.6 Å². The largest absolute Gasteiger partial charge is 0.444 e. The van der Waals surface area contributed by atoms with E-state index in [9.17, 15) is 9.59 Å². The lowest BCUT2D eigenvalue weighted by atomic mass is 9.94. The number of aryl methyl sites for hydroxylation is 1. The fourth-order valence-corrected chi connectivity index (χ4v) is 3.51. The zero-order valence-corrected chi connectivity index (χ0v) is 17.6. The first-order chi connectivity index (χ1) is 12.5. The maximum atomic E-state index is 12.0. The van der Waals surface area contributed by atoms with E-state index in [-0.39, 0.29) is 5.91 Å². The van der Waals surface area contributed by atoms with Gasteiger partial charge in [-0.25, -0.2) is 4.79 Å². The number of hydrogen-bond acceptors (Lipinski definition) is 3. The fourth-order valence-electron chi connectivity index (χ4n) is 3.01. The summed E-state index contributed by atoms with van der Waals surface area (Å²) >= 11 is 12.0. The van der Waals surface area contributed by atoms with Gasteiger partial charge in [0.05, 0.1) is 0 Å². The first-order valence-corrected chi connectivity index (χ1v) is 10.0. The molecule has 1 heterocycles. The Balaban J connectivity index is 0.000000279. The molecular formula is C20H28Cl2N2O3. The molecule has 0 aromatic heterocycles. The Morgan fingerprint density at radius 2 is 1.81 bits per heavy atom. The van der Waals surface area contributed by atoms with Crippen LogP contribution in [-0.2, 0) is 16.0 Å². The van der Waals surface area contributed by atoms with Crippen molar-refractivity contribution in [3.63, 3.8) is 0 Å². The Morgan fingerprint density at radius 3 is 2.26 bits per heavy atom. The van der Waals surface area contributed by atoms with Gasteiger partial charge in [-0.05, 0) is 69.6 Å². The predicted octanol–water partition coefficient (Wildman–Crippen LogP) is 4.67. The van der Waals surface area contributed by atoms with Gasteiger partial charge in [0.15, 0.2) is 0 Å². The number of nitrogens with zero attached hydrogens (tertiary/aromatic N) is 1. The molecule has 5 nitrogen and oxygen atoms in total. The molecule has 1 aliphatic heterocycles. The van der Waals surface area contributed by atoms with Gasteiger partial charge >= 0.3 is 6.09 Å². The number of nitrogens with two attached hydrogens (primary N) is 1. The van der Waals surface area contributed by atoms with Crippen molar-refractivity contribution in [2.75, 3.05) is 13.1 Å². The summed E-state index contributed by atoms with van der Waals surface area (Å²) in [4.78, 5) is 24.0. The molecule has 2 amide bonds. The summed E-state index contributed by atoms with van der Waals surface area (Å²) in [6.45, 7) is 7.23. The third kappa shape index (κ3) is 7.59. The van der Waals surface area contributed by atoms with Crippen molar-refractivity contribution in [1.82, 2.24) is 4.90 Å². The van der Waals surface area contributed by atoms with Crippen molar-refractivity contribution < 1.29 is 14.3 Å². The number of carbonyl (C=O) groups is 2. The number of rotatable bonds is 4. The third-order valence-electron chi connectivity index (χ3n) is 4.58. The second-order valence-corrected chi connectivity index (χ2v) is 9.01. The van der Waals surface area contributed by atoms with Crippen molar-refractivity contribution in [1.29, 1.82) is 0 Å². The predicted molar refractivity (Wildman–Crippen MR) is 108 cm³/mol. The van der Waals surface area contributed by atoms with Crippen molar-refractivity contribution in [3.05, 3.63) is 33.8 Å². The van der Waals surface area contributed by atoms with Crippen LogP contribution in [0.4, 0.5) is 4.79 Å². The average molecular weight is 415 g/mol. The number of primary amides is 1. The summed E-state index contributed by atoms with van der Waals surface area (Å²) in [5, 5.41) is 1.29. The molecule has 1 aromatic carbocycles. The quantitative estimate of drug-likeness (QED) is 0.777. The normalized spacial score (nSPS) is 16.9. The highest BCUT2D eigenvalue weighted by Gasteiger charge is 2.40. The van der Waals surface area contributed by atoms with Crippen LogP contribution in [0.2, 0.25) is 10.0 Å². The second kappa shape index (κ2) is 9.16. The van der Waals surface area contributed by atoms with Crippen LogP contribution < -0.4 is 5.73 Å². The van der Waals surface area contributed by atoms with Crippen molar-refractivity contribution in [2.24, 2.45) is 17.6 Å². The molecule has 2 aliphatic rings. The van der Waals surface area contributed by atoms with Crippen LogP contribution in [0, 0.1) is 11.8 Å². The van der Waals surface area contributed by atoms with E-state index in [0.717, 1.165) is 30.5 Å². The molecule has 0 atom stereocenters. The highest BCUT2D eigenvalue weighted by molar-refractivity contribution is 6.35. The Morgan fingerprint density at radius 1 is 1.19 bits per heavy atom. The maximum absolute atomic E-state index is 12.0. The molecule has 150 valence electrons. The van der Waals surface area contributed by atoms with Crippen LogP contribution >= 0.6 is 23.2 Å². The molecule has 0 unspecified atom stereocenters. The smallest absolute Gasteiger partial charge is 0.405 e. The molecule has 0 bridgehead atoms. The van der Waals surface area contributed by atoms with Gasteiger partial charge in [0.25, 0.3) is 0 Å². The zero-order valence-electron chi connectivity index (χ0n) is 16.1. The van der Waals surface area contributed by atoms with Gasteiger partial charge in [0.2, 0.25) is 5.91 Å². The van der Waals surface area contributed by atoms with E-state index in [1.54, 1.807) is 26.8 Å². The van der Waals surface area contributed by atoms with Crippen molar-refractivity contribution >= 4 is 35.2 Å². The molecule has 0 radical (unpaired) electrons. The molecule has 1 saturated heterocycles. The maximum Gasteiger partial charge on any atom is 0.405 e. The second-order valence-electron chi connectivity index (χ2n) is 8.17. The number of ether oxygens (including phenoxy) is 1. The van der Waals surface area contributed by atoms with E-state index in [4.69, 9.17) is 28.9 Å². The lowest BCUT2D eigenvalue weighted by molar-refractivity contribution is -0.137. The van der Waals surface area contributed by atoms with Crippen molar-refractivity contribution in [2.45, 2.75) is 52.1 Å². The highest BCUT2D eigenvalue weighted by atomic mass is 35.5. The Labute approximate surface area is 171 Å². The SMILES string of the molecule is CC(C)(C)OC(N)=O.O=C(CCc1ccc(Cl)cc1Cl)N1CC(C2CC2)C1. The van der Waals surface area contributed by atoms with E-state index < -0.39 is 11.7 Å². The molecule has 2 fully saturated rings. The zero-order chi connectivity index (χ0) is 20.2. The van der Waals surface area contributed by atoms with Gasteiger partial charge < -0.3 is 15.4 Å². The van der Waals surface area contributed by atoms with Gasteiger partial charge in [-0.2, -0.15) is 0 Å². The summed E-state index contributed by atoms with van der Waals surface area (Å²) in [5.74, 6) is 1.95. The summed E-state index contributed by atoms with van der Waals surface area (Å²) < 4.78 is 4.58. The molecule has 0 spiro atoms. The summed E-state index contributed by atoms with van der Waals surface area (Å²) in [6.07, 6.45) is 3.25. The lowest BCUT2D eigenvalue weighted by Crippen LogP contribution is -2.50. The van der Waals surface area contributed by atoms with Gasteiger partial charge in [0.1, 0.15) is 5.60 Å². The fraction of sp³-hybridized carbons (Fsp3) is 0.600. The summed E-state index contributed by atoms with van der Waals surface area (Å²) in [7, 11) is 0. The molecule has 1 saturated carbocycles. The van der Waals surface area contributed by atoms with Crippen molar-refractivity contribution in [3.8, 4) is 0 Å². The van der Waals surface area contributed by atoms with Gasteiger partial charge in [0, 0.05) is 29.6 Å². The number of likely N-dealkylation sites (tertiary alicyclic amines) is 1. The first kappa shape index (κ1) is 21.8. The Bertz CT molecular complexity index is 678. The molecule has 7 heteroatoms. The van der Waals surface area contributed by atoms with Crippen LogP contribution in [0.25, 0.3) is 0 Å². The monoisotopic (exact) mass is 414 g/mol. The van der Waals surface area contributed by atoms with Crippen LogP contribution in [0.5, 0.6) is 0 Å². The molecule has 1 aromatic rings. The first-order valence-electron chi connectivity index (χ1n) is 9.25. The van der Waals surface area contributed by atoms with E-state index in [0.29, 0.717) is 22.9 Å². The lowest BCUT2D eigenvalue weighted by Gasteiger charge is -2.39. The minimum atomic E-state index is -0.725. The van der Waals surface area contributed by atoms with E-state index >= 15 is 0 Å². The number of benzene rings is 1. The van der Waals surface area contributed by atoms with Crippen LogP contribution in [0.3, 0.4) is 0 Å². The van der Waals surface area contributed by atoms with Gasteiger partial charge in [-0.15, -0.1) is 0 Å². The molecule has 27 heavy (non-hydrogen) atoms. The third-order valence-corrected chi connectivity index (χ3v) is 5.17.